The summed E-state index contributed by atoms with van der Waals surface area (Å²) in [5.41, 5.74) is 5.10. The molecule has 36 heavy (non-hydrogen) atoms. The van der Waals surface area contributed by atoms with Crippen LogP contribution in [-0.4, -0.2) is 52.9 Å². The van der Waals surface area contributed by atoms with Gasteiger partial charge in [0.15, 0.2) is 0 Å². The molecule has 1 unspecified atom stereocenters. The second-order valence-electron chi connectivity index (χ2n) is 9.63. The van der Waals surface area contributed by atoms with Crippen LogP contribution in [0.1, 0.15) is 42.4 Å². The molecule has 0 spiro atoms. The molecule has 1 atom stereocenters. The number of carboxylic acids is 1. The first-order valence-corrected chi connectivity index (χ1v) is 12.4. The van der Waals surface area contributed by atoms with Crippen LogP contribution in [-0.2, 0) is 16.0 Å². The fourth-order valence-electron chi connectivity index (χ4n) is 5.04. The number of nitrogens with one attached hydrogen (secondary N) is 1. The van der Waals surface area contributed by atoms with Gasteiger partial charge in [0.25, 0.3) is 0 Å². The number of hydrogen-bond donors (Lipinski definition) is 2. The van der Waals surface area contributed by atoms with Crippen molar-refractivity contribution in [1.82, 2.24) is 15.3 Å². The van der Waals surface area contributed by atoms with E-state index in [0.29, 0.717) is 17.4 Å². The molecule has 2 N–H and O–H groups in total. The smallest absolute Gasteiger partial charge is 0.407 e. The van der Waals surface area contributed by atoms with Gasteiger partial charge in [0.2, 0.25) is 5.95 Å². The van der Waals surface area contributed by atoms with E-state index in [9.17, 15) is 14.7 Å². The normalized spacial score (nSPS) is 16.2. The standard InChI is InChI=1S/C28H30N4O4/c1-18-10-12-32(13-11-18)27-29-15-19(16-30-27)14-25(26(33)34)31-28(35)36-17-24-22-8-4-2-6-20(22)21-7-3-5-9-23(21)24/h2-9,15-16,18,24-25H,10-14,17H2,1H3,(H,31,35)(H,33,34). The SMILES string of the molecule is CC1CCN(c2ncc(CC(NC(=O)OCC3c4ccccc4-c4ccccc43)C(=O)O)cn2)CC1. The summed E-state index contributed by atoms with van der Waals surface area (Å²) in [6, 6.07) is 15.0. The number of carbonyl (C=O) groups excluding carboxylic acids is 1. The number of benzene rings is 2. The van der Waals surface area contributed by atoms with Crippen LogP contribution < -0.4 is 10.2 Å². The Morgan fingerprint density at radius 1 is 1.03 bits per heavy atom. The van der Waals surface area contributed by atoms with Crippen LogP contribution in [0.2, 0.25) is 0 Å². The van der Waals surface area contributed by atoms with Gasteiger partial charge in [-0.15, -0.1) is 0 Å². The minimum absolute atomic E-state index is 0.0663. The molecule has 2 aromatic carbocycles. The van der Waals surface area contributed by atoms with Crippen molar-refractivity contribution in [2.45, 2.75) is 38.1 Å². The van der Waals surface area contributed by atoms with E-state index >= 15 is 0 Å². The maximum Gasteiger partial charge on any atom is 0.407 e. The Morgan fingerprint density at radius 3 is 2.19 bits per heavy atom. The topological polar surface area (TPSA) is 105 Å². The van der Waals surface area contributed by atoms with E-state index in [1.54, 1.807) is 12.4 Å². The Bertz CT molecular complexity index is 1190. The zero-order valence-electron chi connectivity index (χ0n) is 20.3. The third kappa shape index (κ3) is 5.03. The Labute approximate surface area is 210 Å². The highest BCUT2D eigenvalue weighted by molar-refractivity contribution is 5.81. The van der Waals surface area contributed by atoms with E-state index in [1.165, 1.54) is 0 Å². The fraction of sp³-hybridized carbons (Fsp3) is 0.357. The van der Waals surface area contributed by atoms with Crippen molar-refractivity contribution in [3.05, 3.63) is 77.6 Å². The van der Waals surface area contributed by atoms with Crippen molar-refractivity contribution in [3.63, 3.8) is 0 Å². The number of rotatable bonds is 7. The van der Waals surface area contributed by atoms with Crippen LogP contribution in [0.3, 0.4) is 0 Å². The van der Waals surface area contributed by atoms with Gasteiger partial charge < -0.3 is 20.1 Å². The summed E-state index contributed by atoms with van der Waals surface area (Å²) in [5.74, 6) is 0.130. The number of carbonyl (C=O) groups is 2. The number of piperidine rings is 1. The molecule has 1 amide bonds. The summed E-state index contributed by atoms with van der Waals surface area (Å²) in [6.07, 6.45) is 4.79. The van der Waals surface area contributed by atoms with Crippen LogP contribution in [0.4, 0.5) is 10.7 Å². The summed E-state index contributed by atoms with van der Waals surface area (Å²) in [6.45, 7) is 4.21. The number of amides is 1. The number of nitrogens with zero attached hydrogens (tertiary/aromatic N) is 3. The van der Waals surface area contributed by atoms with E-state index in [-0.39, 0.29) is 18.9 Å². The van der Waals surface area contributed by atoms with E-state index in [2.05, 4.69) is 39.2 Å². The summed E-state index contributed by atoms with van der Waals surface area (Å²) in [7, 11) is 0. The highest BCUT2D eigenvalue weighted by Crippen LogP contribution is 2.44. The first-order chi connectivity index (χ1) is 17.5. The first kappa shape index (κ1) is 23.8. The maximum absolute atomic E-state index is 12.6. The van der Waals surface area contributed by atoms with Crippen molar-refractivity contribution in [2.75, 3.05) is 24.6 Å². The second-order valence-corrected chi connectivity index (χ2v) is 9.63. The quantitative estimate of drug-likeness (QED) is 0.514. The third-order valence-corrected chi connectivity index (χ3v) is 7.13. The Balaban J connectivity index is 1.19. The predicted molar refractivity (Wildman–Crippen MR) is 136 cm³/mol. The third-order valence-electron chi connectivity index (χ3n) is 7.13. The lowest BCUT2D eigenvalue weighted by molar-refractivity contribution is -0.139. The Hall–Kier alpha value is -3.94. The minimum Gasteiger partial charge on any atom is -0.480 e. The average Bonchev–Trinajstić information content (AvgIpc) is 3.22. The average molecular weight is 487 g/mol. The van der Waals surface area contributed by atoms with Crippen LogP contribution >= 0.6 is 0 Å². The van der Waals surface area contributed by atoms with E-state index in [0.717, 1.165) is 48.2 Å². The molecule has 186 valence electrons. The number of fused-ring (bicyclic) bond motifs is 3. The van der Waals surface area contributed by atoms with Crippen LogP contribution in [0.15, 0.2) is 60.9 Å². The van der Waals surface area contributed by atoms with Gasteiger partial charge in [-0.25, -0.2) is 19.6 Å². The number of carboxylic acid groups (broad SMARTS) is 1. The van der Waals surface area contributed by atoms with E-state index < -0.39 is 18.1 Å². The van der Waals surface area contributed by atoms with Gasteiger partial charge in [-0.1, -0.05) is 55.5 Å². The molecule has 1 aromatic heterocycles. The van der Waals surface area contributed by atoms with E-state index in [4.69, 9.17) is 4.74 Å². The molecule has 3 aromatic rings. The van der Waals surface area contributed by atoms with Crippen LogP contribution in [0.25, 0.3) is 11.1 Å². The van der Waals surface area contributed by atoms with Gasteiger partial charge in [0, 0.05) is 37.8 Å². The minimum atomic E-state index is -1.15. The van der Waals surface area contributed by atoms with Crippen LogP contribution in [0, 0.1) is 5.92 Å². The first-order valence-electron chi connectivity index (χ1n) is 12.4. The molecule has 2 aliphatic rings. The van der Waals surface area contributed by atoms with E-state index in [1.807, 2.05) is 36.4 Å². The Morgan fingerprint density at radius 2 is 1.61 bits per heavy atom. The number of ether oxygens (including phenoxy) is 1. The second kappa shape index (κ2) is 10.4. The Kier molecular flexibility index (Phi) is 6.84. The molecule has 1 fully saturated rings. The van der Waals surface area contributed by atoms with Crippen molar-refractivity contribution < 1.29 is 19.4 Å². The lowest BCUT2D eigenvalue weighted by atomic mass is 9.98. The molecule has 1 saturated heterocycles. The number of hydrogen-bond acceptors (Lipinski definition) is 6. The number of aromatic nitrogens is 2. The molecule has 5 rings (SSSR count). The lowest BCUT2D eigenvalue weighted by Crippen LogP contribution is -2.43. The van der Waals surface area contributed by atoms with Gasteiger partial charge in [-0.3, -0.25) is 0 Å². The monoisotopic (exact) mass is 486 g/mol. The number of aliphatic carboxylic acids is 1. The van der Waals surface area contributed by atoms with Gasteiger partial charge >= 0.3 is 12.1 Å². The van der Waals surface area contributed by atoms with Gasteiger partial charge in [0.05, 0.1) is 0 Å². The maximum atomic E-state index is 12.6. The molecule has 8 nitrogen and oxygen atoms in total. The highest BCUT2D eigenvalue weighted by atomic mass is 16.5. The molecular formula is C28H30N4O4. The van der Waals surface area contributed by atoms with Crippen molar-refractivity contribution in [3.8, 4) is 11.1 Å². The molecule has 2 heterocycles. The van der Waals surface area contributed by atoms with Crippen molar-refractivity contribution in [1.29, 1.82) is 0 Å². The van der Waals surface area contributed by atoms with Gasteiger partial charge in [-0.05, 0) is 46.6 Å². The zero-order valence-corrected chi connectivity index (χ0v) is 20.3. The van der Waals surface area contributed by atoms with Gasteiger partial charge in [0.1, 0.15) is 12.6 Å². The lowest BCUT2D eigenvalue weighted by Gasteiger charge is -2.30. The summed E-state index contributed by atoms with van der Waals surface area (Å²) < 4.78 is 5.51. The summed E-state index contributed by atoms with van der Waals surface area (Å²) in [4.78, 5) is 35.4. The summed E-state index contributed by atoms with van der Waals surface area (Å²) >= 11 is 0. The summed E-state index contributed by atoms with van der Waals surface area (Å²) in [5, 5.41) is 12.2. The fourth-order valence-corrected chi connectivity index (χ4v) is 5.04. The molecular weight excluding hydrogens is 456 g/mol. The van der Waals surface area contributed by atoms with Gasteiger partial charge in [-0.2, -0.15) is 0 Å². The number of alkyl carbamates (subject to hydrolysis) is 1. The highest BCUT2D eigenvalue weighted by Gasteiger charge is 2.30. The molecule has 0 radical (unpaired) electrons. The van der Waals surface area contributed by atoms with Crippen LogP contribution in [0.5, 0.6) is 0 Å². The zero-order chi connectivity index (χ0) is 25.1. The molecule has 0 bridgehead atoms. The largest absolute Gasteiger partial charge is 0.480 e. The van der Waals surface area contributed by atoms with Crippen molar-refractivity contribution >= 4 is 18.0 Å². The molecule has 1 aliphatic heterocycles. The molecule has 1 aliphatic carbocycles. The van der Waals surface area contributed by atoms with Crippen molar-refractivity contribution in [2.24, 2.45) is 5.92 Å². The molecule has 8 heteroatoms. The number of anilines is 1. The molecule has 0 saturated carbocycles. The predicted octanol–water partition coefficient (Wildman–Crippen LogP) is 4.25.